The van der Waals surface area contributed by atoms with Crippen LogP contribution in [0.25, 0.3) is 11.1 Å². The van der Waals surface area contributed by atoms with Crippen LogP contribution in [0, 0.1) is 24.5 Å². The largest absolute Gasteiger partial charge is 0.469 e. The smallest absolute Gasteiger partial charge is 0.330 e. The van der Waals surface area contributed by atoms with E-state index in [-0.39, 0.29) is 34.6 Å². The van der Waals surface area contributed by atoms with Gasteiger partial charge in [-0.1, -0.05) is 6.07 Å². The topological polar surface area (TPSA) is 93.9 Å². The number of carbonyl (C=O) groups excluding carboxylic acids is 2. The first-order valence-corrected chi connectivity index (χ1v) is 13.5. The van der Waals surface area contributed by atoms with E-state index < -0.39 is 35.9 Å². The van der Waals surface area contributed by atoms with Gasteiger partial charge in [-0.3, -0.25) is 9.59 Å². The van der Waals surface area contributed by atoms with Crippen molar-refractivity contribution in [2.45, 2.75) is 64.0 Å². The van der Waals surface area contributed by atoms with E-state index in [1.165, 1.54) is 42.3 Å². The molecule has 3 aromatic rings. The number of alkyl halides is 1. The van der Waals surface area contributed by atoms with Crippen molar-refractivity contribution in [3.63, 3.8) is 0 Å². The normalized spacial score (nSPS) is 21.3. The number of halogens is 3. The van der Waals surface area contributed by atoms with Crippen molar-refractivity contribution in [2.24, 2.45) is 5.92 Å². The summed E-state index contributed by atoms with van der Waals surface area (Å²) >= 11 is 0. The zero-order valence-electron chi connectivity index (χ0n) is 22.5. The number of aromatic nitrogens is 1. The fraction of sp³-hybridized carbons (Fsp3) is 0.483. The molecule has 1 N–H and O–H groups in total. The van der Waals surface area contributed by atoms with Gasteiger partial charge in [-0.15, -0.1) is 0 Å². The van der Waals surface area contributed by atoms with Crippen LogP contribution in [0.1, 0.15) is 49.7 Å². The van der Waals surface area contributed by atoms with Gasteiger partial charge < -0.3 is 19.2 Å². The van der Waals surface area contributed by atoms with Crippen molar-refractivity contribution in [1.29, 1.82) is 0 Å². The van der Waals surface area contributed by atoms with Gasteiger partial charge in [0.2, 0.25) is 5.78 Å². The van der Waals surface area contributed by atoms with E-state index in [0.29, 0.717) is 50.0 Å². The molecular formula is C29H32F3N3O5. The maximum Gasteiger partial charge on any atom is 0.330 e. The number of ether oxygens (including phenoxy) is 2. The Morgan fingerprint density at radius 1 is 1.12 bits per heavy atom. The number of benzene rings is 2. The summed E-state index contributed by atoms with van der Waals surface area (Å²) in [6.07, 6.45) is 2.12. The first-order chi connectivity index (χ1) is 19.2. The minimum Gasteiger partial charge on any atom is -0.469 e. The molecule has 0 bridgehead atoms. The highest BCUT2D eigenvalue weighted by Crippen LogP contribution is 2.35. The second-order valence-electron chi connectivity index (χ2n) is 10.5. The maximum atomic E-state index is 16.5. The zero-order valence-corrected chi connectivity index (χ0v) is 22.5. The highest BCUT2D eigenvalue weighted by molar-refractivity contribution is 5.88. The molecule has 0 spiro atoms. The molecule has 0 radical (unpaired) electrons. The molecule has 1 atom stereocenters. The molecule has 1 saturated heterocycles. The van der Waals surface area contributed by atoms with Crippen molar-refractivity contribution in [2.75, 3.05) is 25.5 Å². The number of esters is 1. The number of anilines is 2. The second kappa shape index (κ2) is 11.6. The standard InChI is InChI=1S/C29H32F3N3O5/c1-17-15-20(30)8-12-22(17)33-28-34-23-11-7-19(25(31)26(23)39-28)16-24(36)29(32,35-13-3-4-14-35)40-21-9-5-18(6-10-21)27(37)38-2/h7-8,11-12,15,18,21H,3-6,9-10,13-14,16H2,1-2H3,(H,33,34)/t18-,21-,29?. The van der Waals surface area contributed by atoms with Crippen LogP contribution >= 0.6 is 0 Å². The van der Waals surface area contributed by atoms with Crippen LogP contribution in [0.2, 0.25) is 0 Å². The van der Waals surface area contributed by atoms with Crippen molar-refractivity contribution in [1.82, 2.24) is 9.88 Å². The summed E-state index contributed by atoms with van der Waals surface area (Å²) in [6, 6.07) is 7.01. The number of hydrogen-bond acceptors (Lipinski definition) is 8. The third-order valence-corrected chi connectivity index (χ3v) is 7.75. The van der Waals surface area contributed by atoms with Crippen molar-refractivity contribution in [3.8, 4) is 0 Å². The van der Waals surface area contributed by atoms with Gasteiger partial charge >= 0.3 is 11.9 Å². The summed E-state index contributed by atoms with van der Waals surface area (Å²) in [5.74, 6) is -5.39. The SMILES string of the molecule is COC(=O)[C@H]1CC[C@H](OC(F)(C(=O)Cc2ccc3nc(Nc4ccc(F)cc4C)oc3c2F)N2CCCC2)CC1. The number of methoxy groups -OCH3 is 1. The van der Waals surface area contributed by atoms with Crippen LogP contribution in [0.5, 0.6) is 0 Å². The number of fused-ring (bicyclic) bond motifs is 1. The minimum absolute atomic E-state index is 0.00474. The zero-order chi connectivity index (χ0) is 28.4. The Hall–Kier alpha value is -3.44. The van der Waals surface area contributed by atoms with Gasteiger partial charge in [0.1, 0.15) is 11.3 Å². The Bertz CT molecular complexity index is 1400. The third-order valence-electron chi connectivity index (χ3n) is 7.75. The maximum absolute atomic E-state index is 16.5. The summed E-state index contributed by atoms with van der Waals surface area (Å²) in [5, 5.41) is 2.90. The molecule has 1 saturated carbocycles. The van der Waals surface area contributed by atoms with Crippen LogP contribution in [-0.2, 0) is 25.5 Å². The number of likely N-dealkylation sites (tertiary alicyclic amines) is 1. The van der Waals surface area contributed by atoms with Crippen molar-refractivity contribution >= 4 is 34.6 Å². The Kier molecular flexibility index (Phi) is 8.14. The fourth-order valence-corrected chi connectivity index (χ4v) is 5.48. The summed E-state index contributed by atoms with van der Waals surface area (Å²) in [4.78, 5) is 30.9. The number of hydrogen-bond donors (Lipinski definition) is 1. The van der Waals surface area contributed by atoms with E-state index in [1.54, 1.807) is 6.92 Å². The van der Waals surface area contributed by atoms with Gasteiger partial charge in [-0.25, -0.2) is 13.7 Å². The predicted molar refractivity (Wildman–Crippen MR) is 141 cm³/mol. The van der Waals surface area contributed by atoms with E-state index in [9.17, 15) is 14.0 Å². The summed E-state index contributed by atoms with van der Waals surface area (Å²) < 4.78 is 61.7. The molecule has 2 fully saturated rings. The van der Waals surface area contributed by atoms with Gasteiger partial charge in [0.05, 0.1) is 19.1 Å². The average Bonchev–Trinajstić information content (AvgIpc) is 3.63. The molecule has 11 heteroatoms. The number of ketones is 1. The lowest BCUT2D eigenvalue weighted by Gasteiger charge is -2.37. The molecule has 0 amide bonds. The first-order valence-electron chi connectivity index (χ1n) is 13.5. The molecule has 214 valence electrons. The number of Topliss-reactive ketones (excluding diaryl/α,β-unsaturated/α-hetero) is 1. The van der Waals surface area contributed by atoms with E-state index in [4.69, 9.17) is 13.9 Å². The monoisotopic (exact) mass is 559 g/mol. The second-order valence-corrected chi connectivity index (χ2v) is 10.5. The van der Waals surface area contributed by atoms with E-state index in [2.05, 4.69) is 10.3 Å². The first kappa shape index (κ1) is 28.1. The molecule has 2 aliphatic rings. The van der Waals surface area contributed by atoms with Crippen molar-refractivity contribution < 1.29 is 36.7 Å². The molecule has 1 aliphatic heterocycles. The summed E-state index contributed by atoms with van der Waals surface area (Å²) in [5.41, 5.74) is 1.13. The van der Waals surface area contributed by atoms with Crippen LogP contribution < -0.4 is 5.32 Å². The fourth-order valence-electron chi connectivity index (χ4n) is 5.48. The number of nitrogens with one attached hydrogen (secondary N) is 1. The number of nitrogens with zero attached hydrogens (tertiary/aromatic N) is 2. The number of carbonyl (C=O) groups is 2. The number of aryl methyl sites for hydroxylation is 1. The van der Waals surface area contributed by atoms with E-state index >= 15 is 8.78 Å². The Morgan fingerprint density at radius 3 is 2.52 bits per heavy atom. The highest BCUT2D eigenvalue weighted by atomic mass is 19.2. The quantitative estimate of drug-likeness (QED) is 0.262. The number of rotatable bonds is 9. The number of oxazole rings is 1. The Labute approximate surface area is 229 Å². The van der Waals surface area contributed by atoms with E-state index in [0.717, 1.165) is 12.8 Å². The molecule has 1 unspecified atom stereocenters. The Morgan fingerprint density at radius 2 is 1.85 bits per heavy atom. The lowest BCUT2D eigenvalue weighted by Crippen LogP contribution is -2.54. The molecule has 40 heavy (non-hydrogen) atoms. The highest BCUT2D eigenvalue weighted by Gasteiger charge is 2.49. The molecule has 5 rings (SSSR count). The molecule has 8 nitrogen and oxygen atoms in total. The molecule has 2 aromatic carbocycles. The van der Waals surface area contributed by atoms with Crippen LogP contribution in [-0.4, -0.2) is 53.9 Å². The third kappa shape index (κ3) is 5.71. The lowest BCUT2D eigenvalue weighted by atomic mass is 9.87. The molecule has 1 aliphatic carbocycles. The lowest BCUT2D eigenvalue weighted by molar-refractivity contribution is -0.252. The van der Waals surface area contributed by atoms with Crippen LogP contribution in [0.4, 0.5) is 24.9 Å². The molecule has 1 aromatic heterocycles. The van der Waals surface area contributed by atoms with Gasteiger partial charge in [0.25, 0.3) is 6.01 Å². The molecule has 2 heterocycles. The predicted octanol–water partition coefficient (Wildman–Crippen LogP) is 5.74. The minimum atomic E-state index is -2.71. The van der Waals surface area contributed by atoms with Gasteiger partial charge in [-0.2, -0.15) is 9.37 Å². The van der Waals surface area contributed by atoms with Crippen LogP contribution in [0.15, 0.2) is 34.7 Å². The Balaban J connectivity index is 1.33. The van der Waals surface area contributed by atoms with Gasteiger partial charge in [0.15, 0.2) is 11.4 Å². The van der Waals surface area contributed by atoms with Gasteiger partial charge in [-0.05, 0) is 80.8 Å². The summed E-state index contributed by atoms with van der Waals surface area (Å²) in [6.45, 7) is 2.40. The average molecular weight is 560 g/mol. The van der Waals surface area contributed by atoms with Gasteiger partial charge in [0, 0.05) is 25.2 Å². The summed E-state index contributed by atoms with van der Waals surface area (Å²) in [7, 11) is 1.34. The molecular weight excluding hydrogens is 527 g/mol. The van der Waals surface area contributed by atoms with Crippen LogP contribution in [0.3, 0.4) is 0 Å². The van der Waals surface area contributed by atoms with Crippen molar-refractivity contribution in [3.05, 3.63) is 53.1 Å². The van der Waals surface area contributed by atoms with E-state index in [1.807, 2.05) is 0 Å².